The number of nitrogens with one attached hydrogen (secondary N) is 1. The molecule has 1 N–H and O–H groups in total. The molecule has 2 aromatic rings. The van der Waals surface area contributed by atoms with Gasteiger partial charge >= 0.3 is 0 Å². The largest absolute Gasteiger partial charge is 0.453 e. The number of hydrogen-bond acceptors (Lipinski definition) is 2. The summed E-state index contributed by atoms with van der Waals surface area (Å²) in [4.78, 5) is 0. The van der Waals surface area contributed by atoms with Crippen LogP contribution in [0.4, 0.5) is 0 Å². The van der Waals surface area contributed by atoms with Crippen LogP contribution in [0.2, 0.25) is 0 Å². The molecule has 0 aliphatic rings. The van der Waals surface area contributed by atoms with E-state index in [2.05, 4.69) is 65.4 Å². The highest BCUT2D eigenvalue weighted by molar-refractivity contribution is 9.10. The van der Waals surface area contributed by atoms with E-state index >= 15 is 0 Å². The second kappa shape index (κ2) is 7.65. The van der Waals surface area contributed by atoms with Crippen molar-refractivity contribution in [3.63, 3.8) is 0 Å². The molecule has 1 unspecified atom stereocenters. The molecule has 0 aliphatic carbocycles. The van der Waals surface area contributed by atoms with Crippen LogP contribution in [0.25, 0.3) is 0 Å². The maximum Gasteiger partial charge on any atom is 0.169 e. The Hall–Kier alpha value is -1.06. The molecule has 0 saturated carbocycles. The topological polar surface area (TPSA) is 25.2 Å². The highest BCUT2D eigenvalue weighted by atomic mass is 79.9. The molecular weight excluding hydrogens is 314 g/mol. The normalized spacial score (nSPS) is 12.8. The molecule has 2 nitrogen and oxygen atoms in total. The van der Waals surface area contributed by atoms with E-state index in [9.17, 15) is 0 Å². The first-order chi connectivity index (χ1) is 9.74. The van der Waals surface area contributed by atoms with Gasteiger partial charge < -0.3 is 9.73 Å². The maximum atomic E-state index is 5.57. The summed E-state index contributed by atoms with van der Waals surface area (Å²) in [6, 6.07) is 15.0. The minimum atomic E-state index is 0.370. The molecule has 0 amide bonds. The Bertz CT molecular complexity index is 505. The number of halogens is 1. The van der Waals surface area contributed by atoms with Gasteiger partial charge in [-0.3, -0.25) is 0 Å². The summed E-state index contributed by atoms with van der Waals surface area (Å²) < 4.78 is 6.36. The van der Waals surface area contributed by atoms with Gasteiger partial charge in [-0.2, -0.15) is 0 Å². The average molecular weight is 336 g/mol. The van der Waals surface area contributed by atoms with Crippen LogP contribution in [0.15, 0.2) is 51.6 Å². The third-order valence-corrected chi connectivity index (χ3v) is 4.23. The fourth-order valence-electron chi connectivity index (χ4n) is 2.63. The molecule has 0 aliphatic heterocycles. The van der Waals surface area contributed by atoms with Gasteiger partial charge in [0, 0.05) is 6.04 Å². The molecule has 0 spiro atoms. The van der Waals surface area contributed by atoms with Crippen LogP contribution in [0, 0.1) is 5.92 Å². The zero-order valence-corrected chi connectivity index (χ0v) is 13.7. The first-order valence-electron chi connectivity index (χ1n) is 7.27. The Morgan fingerprint density at radius 1 is 1.05 bits per heavy atom. The van der Waals surface area contributed by atoms with Crippen molar-refractivity contribution in [1.82, 2.24) is 5.32 Å². The van der Waals surface area contributed by atoms with Crippen LogP contribution in [0.5, 0.6) is 0 Å². The third-order valence-electron chi connectivity index (χ3n) is 3.80. The molecule has 1 aromatic carbocycles. The van der Waals surface area contributed by atoms with Crippen LogP contribution in [-0.4, -0.2) is 0 Å². The number of furan rings is 1. The molecule has 0 bridgehead atoms. The van der Waals surface area contributed by atoms with Gasteiger partial charge in [0.1, 0.15) is 5.76 Å². The lowest BCUT2D eigenvalue weighted by atomic mass is 9.89. The van der Waals surface area contributed by atoms with Crippen molar-refractivity contribution < 1.29 is 4.42 Å². The van der Waals surface area contributed by atoms with Crippen LogP contribution in [-0.2, 0) is 6.54 Å². The van der Waals surface area contributed by atoms with Crippen molar-refractivity contribution in [2.75, 3.05) is 0 Å². The van der Waals surface area contributed by atoms with Crippen LogP contribution < -0.4 is 5.32 Å². The van der Waals surface area contributed by atoms with Crippen molar-refractivity contribution in [2.24, 2.45) is 5.92 Å². The lowest BCUT2D eigenvalue weighted by Crippen LogP contribution is -2.27. The van der Waals surface area contributed by atoms with E-state index in [1.165, 1.54) is 18.4 Å². The molecule has 20 heavy (non-hydrogen) atoms. The van der Waals surface area contributed by atoms with Crippen molar-refractivity contribution >= 4 is 15.9 Å². The molecule has 1 aromatic heterocycles. The quantitative estimate of drug-likeness (QED) is 0.741. The van der Waals surface area contributed by atoms with E-state index in [1.54, 1.807) is 0 Å². The predicted molar refractivity (Wildman–Crippen MR) is 86.5 cm³/mol. The van der Waals surface area contributed by atoms with E-state index in [0.29, 0.717) is 12.0 Å². The number of hydrogen-bond donors (Lipinski definition) is 1. The summed E-state index contributed by atoms with van der Waals surface area (Å²) in [6.07, 6.45) is 2.34. The second-order valence-electron chi connectivity index (χ2n) is 5.05. The van der Waals surface area contributed by atoms with Crippen LogP contribution in [0.3, 0.4) is 0 Å². The third kappa shape index (κ3) is 3.97. The highest BCUT2D eigenvalue weighted by Gasteiger charge is 2.20. The molecule has 3 heteroatoms. The highest BCUT2D eigenvalue weighted by Crippen LogP contribution is 2.28. The van der Waals surface area contributed by atoms with E-state index < -0.39 is 0 Å². The second-order valence-corrected chi connectivity index (χ2v) is 5.83. The Labute approximate surface area is 129 Å². The Morgan fingerprint density at radius 2 is 1.75 bits per heavy atom. The van der Waals surface area contributed by atoms with E-state index in [0.717, 1.165) is 17.0 Å². The summed E-state index contributed by atoms with van der Waals surface area (Å²) in [5, 5.41) is 3.65. The molecular formula is C17H22BrNO. The molecule has 0 radical (unpaired) electrons. The lowest BCUT2D eigenvalue weighted by molar-refractivity contribution is 0.326. The lowest BCUT2D eigenvalue weighted by Gasteiger charge is -2.26. The molecule has 2 rings (SSSR count). The molecule has 0 fully saturated rings. The number of benzene rings is 1. The van der Waals surface area contributed by atoms with Crippen molar-refractivity contribution in [3.8, 4) is 0 Å². The van der Waals surface area contributed by atoms with Gasteiger partial charge in [-0.25, -0.2) is 0 Å². The standard InChI is InChI=1S/C17H22BrNO/c1-3-13(4-2)17(14-8-6-5-7-9-14)19-12-15-10-11-16(18)20-15/h5-11,13,17,19H,3-4,12H2,1-2H3. The summed E-state index contributed by atoms with van der Waals surface area (Å²) >= 11 is 3.35. The van der Waals surface area contributed by atoms with Gasteiger partial charge in [0.05, 0.1) is 6.54 Å². The first-order valence-corrected chi connectivity index (χ1v) is 8.06. The van der Waals surface area contributed by atoms with Gasteiger partial charge in [0.2, 0.25) is 0 Å². The number of rotatable bonds is 7. The summed E-state index contributed by atoms with van der Waals surface area (Å²) in [5.41, 5.74) is 1.35. The Morgan fingerprint density at radius 3 is 2.30 bits per heavy atom. The van der Waals surface area contributed by atoms with E-state index in [4.69, 9.17) is 4.42 Å². The Kier molecular flexibility index (Phi) is 5.86. The van der Waals surface area contributed by atoms with E-state index in [1.807, 2.05) is 12.1 Å². The van der Waals surface area contributed by atoms with Crippen molar-refractivity contribution in [2.45, 2.75) is 39.3 Å². The van der Waals surface area contributed by atoms with Gasteiger partial charge in [0.15, 0.2) is 4.67 Å². The summed E-state index contributed by atoms with van der Waals surface area (Å²) in [5.74, 6) is 1.60. The minimum absolute atomic E-state index is 0.370. The fraction of sp³-hybridized carbons (Fsp3) is 0.412. The van der Waals surface area contributed by atoms with Gasteiger partial charge in [0.25, 0.3) is 0 Å². The van der Waals surface area contributed by atoms with Crippen molar-refractivity contribution in [3.05, 3.63) is 58.5 Å². The van der Waals surface area contributed by atoms with Crippen molar-refractivity contribution in [1.29, 1.82) is 0 Å². The van der Waals surface area contributed by atoms with Gasteiger partial charge in [-0.15, -0.1) is 0 Å². The van der Waals surface area contributed by atoms with Gasteiger partial charge in [-0.1, -0.05) is 57.0 Å². The monoisotopic (exact) mass is 335 g/mol. The molecule has 0 saturated heterocycles. The van der Waals surface area contributed by atoms with Crippen LogP contribution in [0.1, 0.15) is 44.1 Å². The Balaban J connectivity index is 2.10. The zero-order valence-electron chi connectivity index (χ0n) is 12.1. The zero-order chi connectivity index (χ0) is 14.4. The average Bonchev–Trinajstić information content (AvgIpc) is 2.90. The minimum Gasteiger partial charge on any atom is -0.453 e. The molecule has 1 heterocycles. The summed E-state index contributed by atoms with van der Waals surface area (Å²) in [7, 11) is 0. The van der Waals surface area contributed by atoms with Crippen LogP contribution >= 0.6 is 15.9 Å². The molecule has 108 valence electrons. The fourth-order valence-corrected chi connectivity index (χ4v) is 2.97. The summed E-state index contributed by atoms with van der Waals surface area (Å²) in [6.45, 7) is 5.27. The molecule has 1 atom stereocenters. The SMILES string of the molecule is CCC(CC)C(NCc1ccc(Br)o1)c1ccccc1. The smallest absolute Gasteiger partial charge is 0.169 e. The predicted octanol–water partition coefficient (Wildman–Crippen LogP) is 5.31. The van der Waals surface area contributed by atoms with Gasteiger partial charge in [-0.05, 0) is 39.5 Å². The first kappa shape index (κ1) is 15.3. The maximum absolute atomic E-state index is 5.57. The van der Waals surface area contributed by atoms with E-state index in [-0.39, 0.29) is 0 Å².